The minimum atomic E-state index is -0.764. The summed E-state index contributed by atoms with van der Waals surface area (Å²) in [5.41, 5.74) is 2.38. The molecular weight excluding hydrogens is 328 g/mol. The highest BCUT2D eigenvalue weighted by Gasteiger charge is 2.16. The van der Waals surface area contributed by atoms with Gasteiger partial charge in [-0.15, -0.1) is 16.7 Å². The Hall–Kier alpha value is -2.66. The summed E-state index contributed by atoms with van der Waals surface area (Å²) in [5.74, 6) is -1.39. The number of nitrogens with zero attached hydrogens (tertiary/aromatic N) is 2. The quantitative estimate of drug-likeness (QED) is 0.263. The summed E-state index contributed by atoms with van der Waals surface area (Å²) in [6.07, 6.45) is 0. The van der Waals surface area contributed by atoms with E-state index in [0.29, 0.717) is 5.69 Å². The van der Waals surface area contributed by atoms with Gasteiger partial charge in [-0.3, -0.25) is 0 Å². The van der Waals surface area contributed by atoms with Gasteiger partial charge in [-0.05, 0) is 30.2 Å². The zero-order chi connectivity index (χ0) is 17.4. The molecule has 0 radical (unpaired) electrons. The summed E-state index contributed by atoms with van der Waals surface area (Å²) in [4.78, 5) is 11.8. The van der Waals surface area contributed by atoms with Crippen LogP contribution in [0.15, 0.2) is 76.3 Å². The van der Waals surface area contributed by atoms with Gasteiger partial charge >= 0.3 is 5.97 Å². The van der Waals surface area contributed by atoms with Gasteiger partial charge in [0.25, 0.3) is 0 Å². The molecule has 0 bridgehead atoms. The maximum Gasteiger partial charge on any atom is 0.362 e. The topological polar surface area (TPSA) is 71.2 Å². The number of alkyl halides is 1. The van der Waals surface area contributed by atoms with Crippen LogP contribution in [0, 0.1) is 0 Å². The molecule has 0 unspecified atom stereocenters. The Kier molecular flexibility index (Phi) is 6.51. The maximum atomic E-state index is 11.8. The monoisotopic (exact) mass is 344 g/mol. The highest BCUT2D eigenvalue weighted by molar-refractivity contribution is 6.19. The number of ether oxygens (including phenoxy) is 1. The smallest absolute Gasteiger partial charge is 0.362 e. The first-order chi connectivity index (χ1) is 11.7. The van der Waals surface area contributed by atoms with E-state index >= 15 is 0 Å². The van der Waals surface area contributed by atoms with E-state index in [9.17, 15) is 9.90 Å². The Balaban J connectivity index is 2.20. The molecule has 124 valence electrons. The normalized spacial score (nSPS) is 12.1. The number of esters is 1. The van der Waals surface area contributed by atoms with Gasteiger partial charge in [0, 0.05) is 0 Å². The Labute approximate surface area is 145 Å². The lowest BCUT2D eigenvalue weighted by Crippen LogP contribution is -2.09. The van der Waals surface area contributed by atoms with Crippen LogP contribution in [0.25, 0.3) is 11.1 Å². The molecule has 0 aliphatic carbocycles. The average molecular weight is 345 g/mol. The van der Waals surface area contributed by atoms with Crippen molar-refractivity contribution in [3.05, 3.63) is 66.1 Å². The Morgan fingerprint density at radius 3 is 2.29 bits per heavy atom. The number of benzene rings is 2. The van der Waals surface area contributed by atoms with Gasteiger partial charge in [0.15, 0.2) is 0 Å². The lowest BCUT2D eigenvalue weighted by Gasteiger charge is -2.04. The molecule has 2 aromatic carbocycles. The van der Waals surface area contributed by atoms with Gasteiger partial charge in [-0.25, -0.2) is 4.79 Å². The number of aliphatic hydroxyl groups is 1. The molecule has 0 fully saturated rings. The molecule has 2 aromatic rings. The molecule has 6 heteroatoms. The first-order valence-corrected chi connectivity index (χ1v) is 7.91. The Morgan fingerprint density at radius 2 is 1.71 bits per heavy atom. The molecule has 1 N–H and O–H groups in total. The summed E-state index contributed by atoms with van der Waals surface area (Å²) in [6.45, 7) is 1.83. The summed E-state index contributed by atoms with van der Waals surface area (Å²) in [6, 6.07) is 17.3. The molecule has 0 atom stereocenters. The number of rotatable bonds is 6. The van der Waals surface area contributed by atoms with Crippen LogP contribution in [0.1, 0.15) is 6.92 Å². The van der Waals surface area contributed by atoms with E-state index in [0.717, 1.165) is 11.1 Å². The molecule has 0 amide bonds. The van der Waals surface area contributed by atoms with E-state index in [2.05, 4.69) is 10.2 Å². The van der Waals surface area contributed by atoms with Crippen LogP contribution in [0.4, 0.5) is 5.69 Å². The maximum absolute atomic E-state index is 11.8. The predicted octanol–water partition coefficient (Wildman–Crippen LogP) is 5.01. The number of carbonyl (C=O) groups excluding carboxylic acids is 1. The van der Waals surface area contributed by atoms with E-state index in [4.69, 9.17) is 16.3 Å². The first-order valence-electron chi connectivity index (χ1n) is 7.38. The van der Waals surface area contributed by atoms with E-state index in [1.807, 2.05) is 42.5 Å². The molecule has 0 saturated carbocycles. The van der Waals surface area contributed by atoms with Crippen LogP contribution >= 0.6 is 11.6 Å². The van der Waals surface area contributed by atoms with Gasteiger partial charge in [0.05, 0.1) is 18.2 Å². The molecule has 0 aliphatic heterocycles. The highest BCUT2D eigenvalue weighted by atomic mass is 35.5. The summed E-state index contributed by atoms with van der Waals surface area (Å²) >= 11 is 5.54. The van der Waals surface area contributed by atoms with E-state index in [1.165, 1.54) is 0 Å². The Bertz CT molecular complexity index is 741. The van der Waals surface area contributed by atoms with E-state index in [-0.39, 0.29) is 23.9 Å². The van der Waals surface area contributed by atoms with E-state index < -0.39 is 5.97 Å². The SMILES string of the molecule is CCOC(=O)/C(N=Nc1ccc(-c2ccccc2)cc1)=C(\O)CCl. The Morgan fingerprint density at radius 1 is 1.08 bits per heavy atom. The average Bonchev–Trinajstić information content (AvgIpc) is 2.63. The zero-order valence-corrected chi connectivity index (χ0v) is 13.9. The van der Waals surface area contributed by atoms with Crippen molar-refractivity contribution in [2.45, 2.75) is 6.92 Å². The summed E-state index contributed by atoms with van der Waals surface area (Å²) in [5, 5.41) is 17.4. The number of carbonyl (C=O) groups is 1. The molecule has 0 spiro atoms. The van der Waals surface area contributed by atoms with Crippen molar-refractivity contribution in [3.8, 4) is 11.1 Å². The van der Waals surface area contributed by atoms with Gasteiger partial charge in [0.2, 0.25) is 5.70 Å². The molecule has 0 aliphatic rings. The van der Waals surface area contributed by atoms with Gasteiger partial charge in [-0.2, -0.15) is 5.11 Å². The number of allylic oxidation sites excluding steroid dienone is 1. The number of hydrogen-bond acceptors (Lipinski definition) is 5. The van der Waals surface area contributed by atoms with Crippen LogP contribution in [0.5, 0.6) is 0 Å². The minimum absolute atomic E-state index is 0.166. The number of hydrogen-bond donors (Lipinski definition) is 1. The van der Waals surface area contributed by atoms with Crippen LogP contribution < -0.4 is 0 Å². The highest BCUT2D eigenvalue weighted by Crippen LogP contribution is 2.23. The largest absolute Gasteiger partial charge is 0.508 e. The van der Waals surface area contributed by atoms with Crippen molar-refractivity contribution < 1.29 is 14.6 Å². The number of halogens is 1. The third-order valence-electron chi connectivity index (χ3n) is 3.11. The molecule has 24 heavy (non-hydrogen) atoms. The van der Waals surface area contributed by atoms with Crippen LogP contribution in [0.3, 0.4) is 0 Å². The van der Waals surface area contributed by atoms with Crippen molar-refractivity contribution in [2.24, 2.45) is 10.2 Å². The molecule has 5 nitrogen and oxygen atoms in total. The number of aliphatic hydroxyl groups excluding tert-OH is 1. The minimum Gasteiger partial charge on any atom is -0.508 e. The lowest BCUT2D eigenvalue weighted by molar-refractivity contribution is -0.138. The van der Waals surface area contributed by atoms with Gasteiger partial charge < -0.3 is 9.84 Å². The standard InChI is InChI=1S/C18H17ClN2O3/c1-2-24-18(23)17(16(22)12-19)21-20-15-10-8-14(9-11-15)13-6-4-3-5-7-13/h3-11,22H,2,12H2,1H3/b17-16+,21-20?. The summed E-state index contributed by atoms with van der Waals surface area (Å²) in [7, 11) is 0. The predicted molar refractivity (Wildman–Crippen MR) is 93.4 cm³/mol. The summed E-state index contributed by atoms with van der Waals surface area (Å²) < 4.78 is 4.82. The van der Waals surface area contributed by atoms with E-state index in [1.54, 1.807) is 19.1 Å². The van der Waals surface area contributed by atoms with Crippen LogP contribution in [-0.2, 0) is 9.53 Å². The number of azo groups is 1. The van der Waals surface area contributed by atoms with Crippen LogP contribution in [-0.4, -0.2) is 23.6 Å². The fraction of sp³-hybridized carbons (Fsp3) is 0.167. The molecule has 0 heterocycles. The van der Waals surface area contributed by atoms with Crippen molar-refractivity contribution in [2.75, 3.05) is 12.5 Å². The zero-order valence-electron chi connectivity index (χ0n) is 13.1. The van der Waals surface area contributed by atoms with Gasteiger partial charge in [0.1, 0.15) is 5.76 Å². The molecule has 2 rings (SSSR count). The molecular formula is C18H17ClN2O3. The van der Waals surface area contributed by atoms with Crippen molar-refractivity contribution in [1.29, 1.82) is 0 Å². The first kappa shape index (κ1) is 17.7. The lowest BCUT2D eigenvalue weighted by atomic mass is 10.1. The third-order valence-corrected chi connectivity index (χ3v) is 3.36. The second kappa shape index (κ2) is 8.84. The third kappa shape index (κ3) is 4.67. The second-order valence-corrected chi connectivity index (χ2v) is 5.03. The van der Waals surface area contributed by atoms with Crippen LogP contribution in [0.2, 0.25) is 0 Å². The van der Waals surface area contributed by atoms with Crippen molar-refractivity contribution >= 4 is 23.3 Å². The fourth-order valence-electron chi connectivity index (χ4n) is 1.94. The van der Waals surface area contributed by atoms with Crippen molar-refractivity contribution in [1.82, 2.24) is 0 Å². The van der Waals surface area contributed by atoms with Gasteiger partial charge in [-0.1, -0.05) is 42.5 Å². The fourth-order valence-corrected chi connectivity index (χ4v) is 2.06. The molecule has 0 saturated heterocycles. The molecule has 0 aromatic heterocycles. The van der Waals surface area contributed by atoms with Crippen molar-refractivity contribution in [3.63, 3.8) is 0 Å². The second-order valence-electron chi connectivity index (χ2n) is 4.76.